The standard InChI is InChI=1S/C20H19ClF2N2O2/c1-12(26)19-17(23)3-2-4-18(19)25-9-7-13(8-10-25)20(27)24-14-5-6-16(22)15(21)11-14/h2-6,11,13H,7-10H2,1H3,(H,24,27). The van der Waals surface area contributed by atoms with Crippen LogP contribution in [0.15, 0.2) is 36.4 Å². The molecule has 4 nitrogen and oxygen atoms in total. The molecule has 0 aliphatic carbocycles. The van der Waals surface area contributed by atoms with Crippen LogP contribution in [0.5, 0.6) is 0 Å². The molecule has 1 N–H and O–H groups in total. The van der Waals surface area contributed by atoms with Crippen LogP contribution in [0.2, 0.25) is 5.02 Å². The molecule has 142 valence electrons. The van der Waals surface area contributed by atoms with Crippen LogP contribution in [0.1, 0.15) is 30.1 Å². The summed E-state index contributed by atoms with van der Waals surface area (Å²) in [6, 6.07) is 8.60. The Kier molecular flexibility index (Phi) is 5.75. The van der Waals surface area contributed by atoms with Crippen molar-refractivity contribution in [1.82, 2.24) is 0 Å². The second-order valence-electron chi connectivity index (χ2n) is 6.57. The Morgan fingerprint density at radius 1 is 1.11 bits per heavy atom. The first-order valence-electron chi connectivity index (χ1n) is 8.67. The molecule has 0 radical (unpaired) electrons. The number of hydrogen-bond acceptors (Lipinski definition) is 3. The summed E-state index contributed by atoms with van der Waals surface area (Å²) in [5.74, 6) is -1.79. The van der Waals surface area contributed by atoms with Gasteiger partial charge >= 0.3 is 0 Å². The molecule has 27 heavy (non-hydrogen) atoms. The average molecular weight is 393 g/mol. The first kappa shape index (κ1) is 19.3. The van der Waals surface area contributed by atoms with E-state index >= 15 is 0 Å². The van der Waals surface area contributed by atoms with E-state index in [1.807, 2.05) is 4.90 Å². The zero-order valence-electron chi connectivity index (χ0n) is 14.8. The number of amides is 1. The van der Waals surface area contributed by atoms with Gasteiger partial charge in [0.15, 0.2) is 5.78 Å². The molecule has 0 spiro atoms. The van der Waals surface area contributed by atoms with Crippen molar-refractivity contribution < 1.29 is 18.4 Å². The van der Waals surface area contributed by atoms with Crippen LogP contribution < -0.4 is 10.2 Å². The molecule has 2 aromatic carbocycles. The van der Waals surface area contributed by atoms with Crippen molar-refractivity contribution in [1.29, 1.82) is 0 Å². The molecule has 1 heterocycles. The minimum atomic E-state index is -0.542. The SMILES string of the molecule is CC(=O)c1c(F)cccc1N1CCC(C(=O)Nc2ccc(F)c(Cl)c2)CC1. The van der Waals surface area contributed by atoms with E-state index in [2.05, 4.69) is 5.32 Å². The lowest BCUT2D eigenvalue weighted by Gasteiger charge is -2.34. The van der Waals surface area contributed by atoms with Crippen molar-refractivity contribution in [3.8, 4) is 0 Å². The van der Waals surface area contributed by atoms with Gasteiger partial charge in [-0.1, -0.05) is 17.7 Å². The first-order valence-corrected chi connectivity index (χ1v) is 9.05. The number of carbonyl (C=O) groups is 2. The van der Waals surface area contributed by atoms with Crippen LogP contribution in [0.25, 0.3) is 0 Å². The summed E-state index contributed by atoms with van der Waals surface area (Å²) in [6.45, 7) is 2.41. The number of carbonyl (C=O) groups excluding carboxylic acids is 2. The van der Waals surface area contributed by atoms with Crippen molar-refractivity contribution in [2.24, 2.45) is 5.92 Å². The summed E-state index contributed by atoms with van der Waals surface area (Å²) < 4.78 is 27.2. The van der Waals surface area contributed by atoms with E-state index in [0.29, 0.717) is 37.3 Å². The Morgan fingerprint density at radius 2 is 1.81 bits per heavy atom. The van der Waals surface area contributed by atoms with Crippen molar-refractivity contribution >= 4 is 34.7 Å². The number of nitrogens with one attached hydrogen (secondary N) is 1. The Labute approximate surface area is 161 Å². The van der Waals surface area contributed by atoms with Crippen LogP contribution in [0.3, 0.4) is 0 Å². The van der Waals surface area contributed by atoms with Crippen molar-refractivity contribution in [2.75, 3.05) is 23.3 Å². The molecule has 2 aromatic rings. The van der Waals surface area contributed by atoms with Gasteiger partial charge < -0.3 is 10.2 Å². The van der Waals surface area contributed by atoms with E-state index in [0.717, 1.165) is 0 Å². The number of benzene rings is 2. The Morgan fingerprint density at radius 3 is 2.44 bits per heavy atom. The van der Waals surface area contributed by atoms with Gasteiger partial charge in [0, 0.05) is 24.7 Å². The van der Waals surface area contributed by atoms with Crippen molar-refractivity contribution in [3.63, 3.8) is 0 Å². The van der Waals surface area contributed by atoms with Gasteiger partial charge in [-0.25, -0.2) is 8.78 Å². The molecule has 0 aromatic heterocycles. The van der Waals surface area contributed by atoms with E-state index in [-0.39, 0.29) is 28.2 Å². The van der Waals surface area contributed by atoms with Gasteiger partial charge in [0.05, 0.1) is 16.3 Å². The monoisotopic (exact) mass is 392 g/mol. The largest absolute Gasteiger partial charge is 0.371 e. The van der Waals surface area contributed by atoms with Crippen molar-refractivity contribution in [2.45, 2.75) is 19.8 Å². The second kappa shape index (κ2) is 8.05. The normalized spacial score (nSPS) is 14.9. The number of Topliss-reactive ketones (excluding diaryl/α,β-unsaturated/α-hetero) is 1. The molecule has 0 saturated carbocycles. The topological polar surface area (TPSA) is 49.4 Å². The number of ketones is 1. The van der Waals surface area contributed by atoms with E-state index in [4.69, 9.17) is 11.6 Å². The molecule has 0 unspecified atom stereocenters. The van der Waals surface area contributed by atoms with Crippen LogP contribution in [0.4, 0.5) is 20.2 Å². The highest BCUT2D eigenvalue weighted by atomic mass is 35.5. The lowest BCUT2D eigenvalue weighted by Crippen LogP contribution is -2.38. The fraction of sp³-hybridized carbons (Fsp3) is 0.300. The third-order valence-corrected chi connectivity index (χ3v) is 5.03. The molecule has 0 atom stereocenters. The predicted molar refractivity (Wildman–Crippen MR) is 101 cm³/mol. The van der Waals surface area contributed by atoms with Crippen LogP contribution in [0, 0.1) is 17.6 Å². The zero-order valence-corrected chi connectivity index (χ0v) is 15.5. The molecule has 0 bridgehead atoms. The molecule has 7 heteroatoms. The average Bonchev–Trinajstić information content (AvgIpc) is 2.64. The van der Waals surface area contributed by atoms with E-state index in [9.17, 15) is 18.4 Å². The fourth-order valence-corrected chi connectivity index (χ4v) is 3.51. The number of nitrogens with zero attached hydrogens (tertiary/aromatic N) is 1. The first-order chi connectivity index (χ1) is 12.9. The minimum Gasteiger partial charge on any atom is -0.371 e. The number of piperidine rings is 1. The van der Waals surface area contributed by atoms with Crippen LogP contribution >= 0.6 is 11.6 Å². The van der Waals surface area contributed by atoms with Crippen LogP contribution in [-0.2, 0) is 4.79 Å². The Hall–Kier alpha value is -2.47. The molecule has 3 rings (SSSR count). The Balaban J connectivity index is 1.65. The van der Waals surface area contributed by atoms with E-state index < -0.39 is 11.6 Å². The third-order valence-electron chi connectivity index (χ3n) is 4.74. The quantitative estimate of drug-likeness (QED) is 0.769. The fourth-order valence-electron chi connectivity index (χ4n) is 3.33. The maximum Gasteiger partial charge on any atom is 0.227 e. The number of anilines is 2. The predicted octanol–water partition coefficient (Wildman–Crippen LogP) is 4.68. The van der Waals surface area contributed by atoms with Gasteiger partial charge in [0.1, 0.15) is 11.6 Å². The summed E-state index contributed by atoms with van der Waals surface area (Å²) >= 11 is 5.73. The summed E-state index contributed by atoms with van der Waals surface area (Å²) in [4.78, 5) is 26.2. The molecule has 1 amide bonds. The molecule has 1 aliphatic heterocycles. The highest BCUT2D eigenvalue weighted by Crippen LogP contribution is 2.29. The van der Waals surface area contributed by atoms with Gasteiger partial charge in [0.2, 0.25) is 5.91 Å². The number of rotatable bonds is 4. The zero-order chi connectivity index (χ0) is 19.6. The number of halogens is 3. The summed E-state index contributed by atoms with van der Waals surface area (Å²) in [7, 11) is 0. The third kappa shape index (κ3) is 4.27. The lowest BCUT2D eigenvalue weighted by molar-refractivity contribution is -0.120. The summed E-state index contributed by atoms with van der Waals surface area (Å²) in [6.07, 6.45) is 1.13. The molecular formula is C20H19ClF2N2O2. The Bertz CT molecular complexity index is 880. The maximum atomic E-state index is 14.0. The summed E-state index contributed by atoms with van der Waals surface area (Å²) in [5.41, 5.74) is 1.09. The van der Waals surface area contributed by atoms with E-state index in [1.54, 1.807) is 12.1 Å². The second-order valence-corrected chi connectivity index (χ2v) is 6.98. The molecule has 1 fully saturated rings. The van der Waals surface area contributed by atoms with Crippen molar-refractivity contribution in [3.05, 3.63) is 58.6 Å². The van der Waals surface area contributed by atoms with Gasteiger partial charge in [-0.15, -0.1) is 0 Å². The highest BCUT2D eigenvalue weighted by molar-refractivity contribution is 6.31. The van der Waals surface area contributed by atoms with Gasteiger partial charge in [-0.3, -0.25) is 9.59 Å². The molecular weight excluding hydrogens is 374 g/mol. The molecule has 1 saturated heterocycles. The number of hydrogen-bond donors (Lipinski definition) is 1. The van der Waals surface area contributed by atoms with E-state index in [1.165, 1.54) is 31.2 Å². The van der Waals surface area contributed by atoms with Gasteiger partial charge in [0.25, 0.3) is 0 Å². The lowest BCUT2D eigenvalue weighted by atomic mass is 9.94. The maximum absolute atomic E-state index is 14.0. The summed E-state index contributed by atoms with van der Waals surface area (Å²) in [5, 5.41) is 2.70. The smallest absolute Gasteiger partial charge is 0.227 e. The van der Waals surface area contributed by atoms with Gasteiger partial charge in [-0.05, 0) is 50.1 Å². The highest BCUT2D eigenvalue weighted by Gasteiger charge is 2.27. The van der Waals surface area contributed by atoms with Gasteiger partial charge in [-0.2, -0.15) is 0 Å². The minimum absolute atomic E-state index is 0.0505. The van der Waals surface area contributed by atoms with Crippen LogP contribution in [-0.4, -0.2) is 24.8 Å². The molecule has 1 aliphatic rings.